The molecule has 1 fully saturated rings. The minimum absolute atomic E-state index is 0.125. The summed E-state index contributed by atoms with van der Waals surface area (Å²) in [5, 5.41) is 0. The number of rotatable bonds is 4. The molecule has 0 radical (unpaired) electrons. The molecule has 1 saturated heterocycles. The third-order valence-corrected chi connectivity index (χ3v) is 5.08. The van der Waals surface area contributed by atoms with Crippen LogP contribution in [-0.2, 0) is 11.3 Å². The number of piperidine rings is 1. The van der Waals surface area contributed by atoms with Gasteiger partial charge in [0.05, 0.1) is 29.3 Å². The molecule has 0 unspecified atom stereocenters. The van der Waals surface area contributed by atoms with Crippen LogP contribution in [-0.4, -0.2) is 40.0 Å². The number of hydrogen-bond acceptors (Lipinski definition) is 3. The van der Waals surface area contributed by atoms with Gasteiger partial charge in [0.2, 0.25) is 0 Å². The van der Waals surface area contributed by atoms with E-state index in [0.717, 1.165) is 18.4 Å². The average molecular weight is 385 g/mol. The van der Waals surface area contributed by atoms with Crippen LogP contribution in [0.1, 0.15) is 28.8 Å². The molecule has 3 aromatic rings. The van der Waals surface area contributed by atoms with Crippen molar-refractivity contribution >= 4 is 29.2 Å². The molecule has 0 atom stereocenters. The fourth-order valence-electron chi connectivity index (χ4n) is 3.46. The summed E-state index contributed by atoms with van der Waals surface area (Å²) in [6.07, 6.45) is 1.65. The van der Waals surface area contributed by atoms with Crippen LogP contribution in [0.4, 0.5) is 4.39 Å². The smallest absolute Gasteiger partial charge is 0.256 e. The van der Waals surface area contributed by atoms with Crippen molar-refractivity contribution in [1.82, 2.24) is 14.9 Å². The van der Waals surface area contributed by atoms with E-state index >= 15 is 0 Å². The Labute approximate surface area is 161 Å². The van der Waals surface area contributed by atoms with Gasteiger partial charge in [0.15, 0.2) is 4.77 Å². The van der Waals surface area contributed by atoms with Crippen LogP contribution in [0.5, 0.6) is 0 Å². The van der Waals surface area contributed by atoms with Crippen LogP contribution < -0.4 is 0 Å². The summed E-state index contributed by atoms with van der Waals surface area (Å²) in [6.45, 7) is 1.74. The zero-order valence-corrected chi connectivity index (χ0v) is 15.5. The molecule has 2 heterocycles. The summed E-state index contributed by atoms with van der Waals surface area (Å²) < 4.78 is 20.2. The first-order valence-corrected chi connectivity index (χ1v) is 9.37. The number of halogens is 1. The highest BCUT2D eigenvalue weighted by atomic mass is 32.1. The quantitative estimate of drug-likeness (QED) is 0.662. The van der Waals surface area contributed by atoms with E-state index in [1.54, 1.807) is 4.90 Å². The Morgan fingerprint density at radius 3 is 2.67 bits per heavy atom. The number of benzene rings is 2. The zero-order chi connectivity index (χ0) is 18.8. The Kier molecular flexibility index (Phi) is 5.05. The van der Waals surface area contributed by atoms with Gasteiger partial charge in [0.25, 0.3) is 5.91 Å². The first kappa shape index (κ1) is 17.9. The van der Waals surface area contributed by atoms with Gasteiger partial charge in [0, 0.05) is 13.1 Å². The lowest BCUT2D eigenvalue weighted by Gasteiger charge is -2.32. The van der Waals surface area contributed by atoms with E-state index in [9.17, 15) is 9.18 Å². The van der Waals surface area contributed by atoms with Crippen molar-refractivity contribution < 1.29 is 13.9 Å². The van der Waals surface area contributed by atoms with E-state index in [1.807, 2.05) is 30.3 Å². The molecular weight excluding hydrogens is 365 g/mol. The molecule has 1 aromatic heterocycles. The van der Waals surface area contributed by atoms with Gasteiger partial charge in [-0.1, -0.05) is 30.3 Å². The lowest BCUT2D eigenvalue weighted by Crippen LogP contribution is -2.41. The Morgan fingerprint density at radius 2 is 1.93 bits per heavy atom. The van der Waals surface area contributed by atoms with Crippen molar-refractivity contribution in [3.63, 3.8) is 0 Å². The fraction of sp³-hybridized carbons (Fsp3) is 0.300. The van der Waals surface area contributed by atoms with Crippen LogP contribution in [0.15, 0.2) is 42.5 Å². The van der Waals surface area contributed by atoms with Crippen LogP contribution in [0.25, 0.3) is 11.0 Å². The second-order valence-electron chi connectivity index (χ2n) is 6.74. The average Bonchev–Trinajstić information content (AvgIpc) is 3.06. The third kappa shape index (κ3) is 3.94. The van der Waals surface area contributed by atoms with Gasteiger partial charge in [-0.2, -0.15) is 0 Å². The van der Waals surface area contributed by atoms with E-state index < -0.39 is 5.82 Å². The van der Waals surface area contributed by atoms with Gasteiger partial charge in [0.1, 0.15) is 5.82 Å². The molecule has 7 heteroatoms. The number of amides is 1. The normalized spacial score (nSPS) is 15.4. The number of likely N-dealkylation sites (tertiary alicyclic amines) is 1. The summed E-state index contributed by atoms with van der Waals surface area (Å²) >= 11 is 5.07. The lowest BCUT2D eigenvalue weighted by molar-refractivity contribution is -0.000348. The first-order valence-electron chi connectivity index (χ1n) is 8.96. The van der Waals surface area contributed by atoms with Gasteiger partial charge < -0.3 is 19.6 Å². The fourth-order valence-corrected chi connectivity index (χ4v) is 3.67. The van der Waals surface area contributed by atoms with Crippen molar-refractivity contribution in [3.8, 4) is 0 Å². The van der Waals surface area contributed by atoms with Crippen LogP contribution in [0.2, 0.25) is 0 Å². The molecule has 1 aliphatic heterocycles. The van der Waals surface area contributed by atoms with E-state index in [2.05, 4.69) is 9.97 Å². The SMILES string of the molecule is O=C(c1cc(F)cc2[nH]c(=S)[nH]c12)N1CCC(OCc2ccccc2)CC1. The number of nitrogens with one attached hydrogen (secondary N) is 2. The standard InChI is InChI=1S/C20H20FN3O2S/c21-14-10-16(18-17(11-14)22-20(27)23-18)19(25)24-8-6-15(7-9-24)26-12-13-4-2-1-3-5-13/h1-5,10-11,15H,6-9,12H2,(H2,22,23,27). The van der Waals surface area contributed by atoms with Crippen molar-refractivity contribution in [2.45, 2.75) is 25.6 Å². The topological polar surface area (TPSA) is 61.1 Å². The van der Waals surface area contributed by atoms with Crippen molar-refractivity contribution in [2.24, 2.45) is 0 Å². The predicted molar refractivity (Wildman–Crippen MR) is 104 cm³/mol. The molecule has 5 nitrogen and oxygen atoms in total. The minimum atomic E-state index is -0.461. The molecule has 0 saturated carbocycles. The molecule has 140 valence electrons. The Morgan fingerprint density at radius 1 is 1.19 bits per heavy atom. The Bertz CT molecular complexity index is 1010. The largest absolute Gasteiger partial charge is 0.373 e. The van der Waals surface area contributed by atoms with Gasteiger partial charge >= 0.3 is 0 Å². The van der Waals surface area contributed by atoms with Crippen molar-refractivity contribution in [3.05, 3.63) is 64.2 Å². The maximum Gasteiger partial charge on any atom is 0.256 e. The molecule has 27 heavy (non-hydrogen) atoms. The molecule has 1 aliphatic rings. The van der Waals surface area contributed by atoms with Crippen LogP contribution in [0, 0.1) is 10.6 Å². The second kappa shape index (κ2) is 7.62. The Hall–Kier alpha value is -2.51. The lowest BCUT2D eigenvalue weighted by atomic mass is 10.1. The van der Waals surface area contributed by atoms with Gasteiger partial charge in [-0.3, -0.25) is 4.79 Å². The number of fused-ring (bicyclic) bond motifs is 1. The molecule has 0 spiro atoms. The maximum absolute atomic E-state index is 13.9. The van der Waals surface area contributed by atoms with Gasteiger partial charge in [-0.15, -0.1) is 0 Å². The Balaban J connectivity index is 1.41. The summed E-state index contributed by atoms with van der Waals surface area (Å²) in [4.78, 5) is 20.5. The molecule has 2 N–H and O–H groups in total. The highest BCUT2D eigenvalue weighted by Gasteiger charge is 2.26. The minimum Gasteiger partial charge on any atom is -0.373 e. The van der Waals surface area contributed by atoms with E-state index in [4.69, 9.17) is 17.0 Å². The highest BCUT2D eigenvalue weighted by Crippen LogP contribution is 2.22. The molecule has 1 amide bonds. The van der Waals surface area contributed by atoms with Crippen LogP contribution >= 0.6 is 12.2 Å². The number of nitrogens with zero attached hydrogens (tertiary/aromatic N) is 1. The summed E-state index contributed by atoms with van der Waals surface area (Å²) in [7, 11) is 0. The molecule has 0 bridgehead atoms. The van der Waals surface area contributed by atoms with Gasteiger partial charge in [-0.05, 0) is 42.8 Å². The second-order valence-corrected chi connectivity index (χ2v) is 7.15. The summed E-state index contributed by atoms with van der Waals surface area (Å²) in [5.41, 5.74) is 2.50. The molecule has 4 rings (SSSR count). The third-order valence-electron chi connectivity index (χ3n) is 4.88. The molecule has 0 aliphatic carbocycles. The number of ether oxygens (including phenoxy) is 1. The summed E-state index contributed by atoms with van der Waals surface area (Å²) in [6, 6.07) is 12.6. The number of aromatic amines is 2. The molecular formula is C20H20FN3O2S. The van der Waals surface area contributed by atoms with Crippen LogP contribution in [0.3, 0.4) is 0 Å². The van der Waals surface area contributed by atoms with Crippen molar-refractivity contribution in [1.29, 1.82) is 0 Å². The van der Waals surface area contributed by atoms with E-state index in [-0.39, 0.29) is 12.0 Å². The number of hydrogen-bond donors (Lipinski definition) is 2. The maximum atomic E-state index is 13.9. The highest BCUT2D eigenvalue weighted by molar-refractivity contribution is 7.71. The number of aromatic nitrogens is 2. The summed E-state index contributed by atoms with van der Waals surface area (Å²) in [5.74, 6) is -0.650. The van der Waals surface area contributed by atoms with E-state index in [1.165, 1.54) is 12.1 Å². The monoisotopic (exact) mass is 385 g/mol. The zero-order valence-electron chi connectivity index (χ0n) is 14.7. The first-order chi connectivity index (χ1) is 13.1. The predicted octanol–water partition coefficient (Wildman–Crippen LogP) is 4.19. The van der Waals surface area contributed by atoms with Gasteiger partial charge in [-0.25, -0.2) is 4.39 Å². The number of H-pyrrole nitrogens is 2. The van der Waals surface area contributed by atoms with Crippen molar-refractivity contribution in [2.75, 3.05) is 13.1 Å². The van der Waals surface area contributed by atoms with E-state index in [0.29, 0.717) is 41.1 Å². The number of carbonyl (C=O) groups excluding carboxylic acids is 1. The number of imidazole rings is 1. The number of carbonyl (C=O) groups is 1. The molecule has 2 aromatic carbocycles.